The van der Waals surface area contributed by atoms with Gasteiger partial charge in [0.05, 0.1) is 6.20 Å². The number of hydrogen-bond acceptors (Lipinski definition) is 6. The molecule has 12 heavy (non-hydrogen) atoms. The topological polar surface area (TPSA) is 89.6 Å². The quantitative estimate of drug-likeness (QED) is 0.442. The molecule has 0 saturated heterocycles. The monoisotopic (exact) mass is 162 g/mol. The van der Waals surface area contributed by atoms with Crippen molar-refractivity contribution in [3.63, 3.8) is 0 Å². The van der Waals surface area contributed by atoms with Gasteiger partial charge in [0.25, 0.3) is 0 Å². The first-order valence-electron chi connectivity index (χ1n) is 3.30. The lowest BCUT2D eigenvalue weighted by Crippen LogP contribution is -2.10. The summed E-state index contributed by atoms with van der Waals surface area (Å²) in [5, 5.41) is 0. The number of fused-ring (bicyclic) bond motifs is 1. The van der Waals surface area contributed by atoms with E-state index in [9.17, 15) is 0 Å². The van der Waals surface area contributed by atoms with Gasteiger partial charge < -0.3 is 0 Å². The summed E-state index contributed by atoms with van der Waals surface area (Å²) >= 11 is 0. The second kappa shape index (κ2) is 2.67. The molecule has 2 aromatic rings. The van der Waals surface area contributed by atoms with E-state index in [-0.39, 0.29) is 0 Å². The molecule has 6 heteroatoms. The summed E-state index contributed by atoms with van der Waals surface area (Å²) in [5.41, 5.74) is 3.51. The molecule has 0 aliphatic heterocycles. The Morgan fingerprint density at radius 3 is 2.83 bits per heavy atom. The number of nitrogens with one attached hydrogen (secondary N) is 1. The minimum atomic E-state index is 0.336. The zero-order chi connectivity index (χ0) is 8.39. The standard InChI is InChI=1S/C6H6N6/c7-12-6-10-3-4-5(11-6)9-2-1-8-4/h1-3H,7H2,(H,9,10,11,12). The molecule has 0 spiro atoms. The summed E-state index contributed by atoms with van der Waals surface area (Å²) in [5.74, 6) is 5.45. The van der Waals surface area contributed by atoms with Crippen LogP contribution in [0.2, 0.25) is 0 Å². The Kier molecular flexibility index (Phi) is 1.52. The van der Waals surface area contributed by atoms with Gasteiger partial charge >= 0.3 is 0 Å². The van der Waals surface area contributed by atoms with Gasteiger partial charge in [0.1, 0.15) is 5.52 Å². The smallest absolute Gasteiger partial charge is 0.239 e. The van der Waals surface area contributed by atoms with E-state index in [0.29, 0.717) is 17.1 Å². The number of anilines is 1. The molecule has 6 nitrogen and oxygen atoms in total. The first-order valence-corrected chi connectivity index (χ1v) is 3.30. The zero-order valence-electron chi connectivity index (χ0n) is 6.10. The largest absolute Gasteiger partial charge is 0.292 e. The van der Waals surface area contributed by atoms with Crippen molar-refractivity contribution in [1.82, 2.24) is 19.9 Å². The van der Waals surface area contributed by atoms with Crippen LogP contribution in [-0.2, 0) is 0 Å². The summed E-state index contributed by atoms with van der Waals surface area (Å²) in [6.07, 6.45) is 4.71. The second-order valence-electron chi connectivity index (χ2n) is 2.10. The van der Waals surface area contributed by atoms with E-state index in [1.54, 1.807) is 18.6 Å². The van der Waals surface area contributed by atoms with Gasteiger partial charge in [-0.25, -0.2) is 20.8 Å². The molecule has 0 bridgehead atoms. The Labute approximate surface area is 67.9 Å². The normalized spacial score (nSPS) is 10.1. The highest BCUT2D eigenvalue weighted by atomic mass is 15.3. The van der Waals surface area contributed by atoms with Crippen molar-refractivity contribution in [2.45, 2.75) is 0 Å². The van der Waals surface area contributed by atoms with Gasteiger partial charge in [-0.05, 0) is 0 Å². The number of aromatic nitrogens is 4. The molecule has 0 unspecified atom stereocenters. The maximum absolute atomic E-state index is 5.12. The minimum absolute atomic E-state index is 0.336. The molecule has 0 atom stereocenters. The predicted molar refractivity (Wildman–Crippen MR) is 42.9 cm³/mol. The van der Waals surface area contributed by atoms with Gasteiger partial charge in [-0.1, -0.05) is 0 Å². The van der Waals surface area contributed by atoms with Gasteiger partial charge in [0.2, 0.25) is 5.95 Å². The lowest BCUT2D eigenvalue weighted by Gasteiger charge is -1.97. The van der Waals surface area contributed by atoms with E-state index in [2.05, 4.69) is 25.4 Å². The lowest BCUT2D eigenvalue weighted by atomic mass is 10.5. The van der Waals surface area contributed by atoms with Crippen molar-refractivity contribution in [2.24, 2.45) is 5.84 Å². The summed E-state index contributed by atoms with van der Waals surface area (Å²) in [7, 11) is 0. The first-order chi connectivity index (χ1) is 5.90. The number of nitrogen functional groups attached to an aromatic ring is 1. The Morgan fingerprint density at radius 2 is 2.00 bits per heavy atom. The molecule has 0 saturated carbocycles. The van der Waals surface area contributed by atoms with Crippen LogP contribution in [0.5, 0.6) is 0 Å². The van der Waals surface area contributed by atoms with Crippen molar-refractivity contribution in [3.8, 4) is 0 Å². The van der Waals surface area contributed by atoms with Crippen LogP contribution >= 0.6 is 0 Å². The number of hydrazine groups is 1. The summed E-state index contributed by atoms with van der Waals surface area (Å²) < 4.78 is 0. The number of rotatable bonds is 1. The third kappa shape index (κ3) is 1.04. The van der Waals surface area contributed by atoms with Crippen LogP contribution in [0.1, 0.15) is 0 Å². The fourth-order valence-electron chi connectivity index (χ4n) is 0.840. The van der Waals surface area contributed by atoms with Crippen LogP contribution in [0, 0.1) is 0 Å². The first kappa shape index (κ1) is 6.86. The van der Waals surface area contributed by atoms with E-state index in [1.807, 2.05) is 0 Å². The maximum atomic E-state index is 5.12. The minimum Gasteiger partial charge on any atom is -0.292 e. The third-order valence-electron chi connectivity index (χ3n) is 1.36. The fourth-order valence-corrected chi connectivity index (χ4v) is 0.840. The van der Waals surface area contributed by atoms with Crippen LogP contribution in [-0.4, -0.2) is 19.9 Å². The van der Waals surface area contributed by atoms with Crippen molar-refractivity contribution >= 4 is 17.1 Å². The molecule has 0 aromatic carbocycles. The van der Waals surface area contributed by atoms with Crippen LogP contribution in [0.25, 0.3) is 11.2 Å². The molecule has 0 fully saturated rings. The molecule has 0 amide bonds. The molecule has 60 valence electrons. The number of nitrogens with two attached hydrogens (primary N) is 1. The van der Waals surface area contributed by atoms with E-state index < -0.39 is 0 Å². The van der Waals surface area contributed by atoms with E-state index in [0.717, 1.165) is 0 Å². The van der Waals surface area contributed by atoms with Gasteiger partial charge in [-0.2, -0.15) is 4.98 Å². The average Bonchev–Trinajstić information content (AvgIpc) is 2.17. The van der Waals surface area contributed by atoms with E-state index in [4.69, 9.17) is 5.84 Å². The number of nitrogens with zero attached hydrogens (tertiary/aromatic N) is 4. The molecule has 3 N–H and O–H groups in total. The van der Waals surface area contributed by atoms with Gasteiger partial charge in [0, 0.05) is 12.4 Å². The molecule has 2 rings (SSSR count). The second-order valence-corrected chi connectivity index (χ2v) is 2.10. The van der Waals surface area contributed by atoms with Crippen LogP contribution in [0.15, 0.2) is 18.6 Å². The highest BCUT2D eigenvalue weighted by molar-refractivity contribution is 5.68. The molecule has 2 heterocycles. The molecule has 0 radical (unpaired) electrons. The Hall–Kier alpha value is -1.82. The van der Waals surface area contributed by atoms with Crippen molar-refractivity contribution in [1.29, 1.82) is 0 Å². The van der Waals surface area contributed by atoms with Crippen molar-refractivity contribution in [2.75, 3.05) is 5.43 Å². The Balaban J connectivity index is 2.67. The highest BCUT2D eigenvalue weighted by Crippen LogP contribution is 2.04. The van der Waals surface area contributed by atoms with Gasteiger partial charge in [0.15, 0.2) is 5.65 Å². The van der Waals surface area contributed by atoms with Gasteiger partial charge in [-0.3, -0.25) is 5.43 Å². The number of hydrogen-bond donors (Lipinski definition) is 2. The van der Waals surface area contributed by atoms with E-state index in [1.165, 1.54) is 0 Å². The molecule has 0 aliphatic carbocycles. The molecular weight excluding hydrogens is 156 g/mol. The molecular formula is C6H6N6. The Bertz CT molecular complexity index is 400. The van der Waals surface area contributed by atoms with Crippen LogP contribution in [0.4, 0.5) is 5.95 Å². The third-order valence-corrected chi connectivity index (χ3v) is 1.36. The highest BCUT2D eigenvalue weighted by Gasteiger charge is 1.97. The zero-order valence-corrected chi connectivity index (χ0v) is 6.10. The summed E-state index contributed by atoms with van der Waals surface area (Å²) in [6.45, 7) is 0. The molecule has 2 aromatic heterocycles. The predicted octanol–water partition coefficient (Wildman–Crippen LogP) is -0.295. The SMILES string of the molecule is NNc1ncc2nccnc2n1. The van der Waals surface area contributed by atoms with E-state index >= 15 is 0 Å². The van der Waals surface area contributed by atoms with Crippen LogP contribution < -0.4 is 11.3 Å². The van der Waals surface area contributed by atoms with Gasteiger partial charge in [-0.15, -0.1) is 0 Å². The maximum Gasteiger partial charge on any atom is 0.239 e. The molecule has 0 aliphatic rings. The van der Waals surface area contributed by atoms with Crippen molar-refractivity contribution in [3.05, 3.63) is 18.6 Å². The summed E-state index contributed by atoms with van der Waals surface area (Å²) in [6, 6.07) is 0. The van der Waals surface area contributed by atoms with Crippen molar-refractivity contribution < 1.29 is 0 Å². The lowest BCUT2D eigenvalue weighted by molar-refractivity contribution is 1.11. The average molecular weight is 162 g/mol. The van der Waals surface area contributed by atoms with Crippen LogP contribution in [0.3, 0.4) is 0 Å². The fraction of sp³-hybridized carbons (Fsp3) is 0. The summed E-state index contributed by atoms with van der Waals surface area (Å²) in [4.78, 5) is 15.8. The Morgan fingerprint density at radius 1 is 1.17 bits per heavy atom.